The fourth-order valence-electron chi connectivity index (χ4n) is 2.34. The summed E-state index contributed by atoms with van der Waals surface area (Å²) in [6.07, 6.45) is 0. The summed E-state index contributed by atoms with van der Waals surface area (Å²) in [6.45, 7) is 6.66. The third-order valence-electron chi connectivity index (χ3n) is 3.53. The minimum absolute atomic E-state index is 0.0240. The highest BCUT2D eigenvalue weighted by Crippen LogP contribution is 2.15. The summed E-state index contributed by atoms with van der Waals surface area (Å²) in [4.78, 5) is 16.5. The van der Waals surface area contributed by atoms with Crippen molar-refractivity contribution in [1.29, 1.82) is 0 Å². The summed E-state index contributed by atoms with van der Waals surface area (Å²) in [5.74, 6) is 0.0240. The van der Waals surface area contributed by atoms with Crippen molar-refractivity contribution in [3.8, 4) is 0 Å². The minimum atomic E-state index is 0.0240. The highest BCUT2D eigenvalue weighted by atomic mass is 79.9. The van der Waals surface area contributed by atoms with Crippen LogP contribution in [0.2, 0.25) is 0 Å². The van der Waals surface area contributed by atoms with Crippen LogP contribution in [0.1, 0.15) is 0 Å². The number of hydrogen-bond acceptors (Lipinski definition) is 4. The first-order chi connectivity index (χ1) is 10.1. The van der Waals surface area contributed by atoms with Crippen molar-refractivity contribution in [3.63, 3.8) is 0 Å². The van der Waals surface area contributed by atoms with E-state index >= 15 is 0 Å². The molecule has 1 heterocycles. The van der Waals surface area contributed by atoms with Gasteiger partial charge in [0.1, 0.15) is 0 Å². The number of benzene rings is 1. The summed E-state index contributed by atoms with van der Waals surface area (Å²) in [5.41, 5.74) is 0.824. The van der Waals surface area contributed by atoms with E-state index in [1.54, 1.807) is 0 Å². The zero-order valence-corrected chi connectivity index (χ0v) is 14.0. The van der Waals surface area contributed by atoms with E-state index in [-0.39, 0.29) is 5.91 Å². The topological polar surface area (TPSA) is 47.6 Å². The van der Waals surface area contributed by atoms with Crippen LogP contribution >= 0.6 is 15.9 Å². The summed E-state index contributed by atoms with van der Waals surface area (Å²) >= 11 is 3.40. The van der Waals surface area contributed by atoms with Gasteiger partial charge in [-0.15, -0.1) is 0 Å². The standard InChI is InChI=1S/C15H23BrN4O/c1-19(9-10-20-7-5-17-6-8-20)12-15(21)18-14-4-2-3-13(16)11-14/h2-4,11,17H,5-10,12H2,1H3,(H,18,21). The SMILES string of the molecule is CN(CCN1CCNCC1)CC(=O)Nc1cccc(Br)c1. The Morgan fingerprint density at radius 2 is 2.19 bits per heavy atom. The van der Waals surface area contributed by atoms with Crippen LogP contribution in [0.5, 0.6) is 0 Å². The normalized spacial score (nSPS) is 16.1. The lowest BCUT2D eigenvalue weighted by atomic mass is 10.3. The molecule has 5 nitrogen and oxygen atoms in total. The van der Waals surface area contributed by atoms with Crippen LogP contribution in [-0.2, 0) is 4.79 Å². The first kappa shape index (κ1) is 16.4. The molecule has 0 aliphatic carbocycles. The number of piperazine rings is 1. The minimum Gasteiger partial charge on any atom is -0.325 e. The Morgan fingerprint density at radius 1 is 1.43 bits per heavy atom. The third-order valence-corrected chi connectivity index (χ3v) is 4.02. The molecule has 21 heavy (non-hydrogen) atoms. The van der Waals surface area contributed by atoms with Crippen LogP contribution in [0.25, 0.3) is 0 Å². The monoisotopic (exact) mass is 354 g/mol. The highest BCUT2D eigenvalue weighted by molar-refractivity contribution is 9.10. The van der Waals surface area contributed by atoms with Gasteiger partial charge >= 0.3 is 0 Å². The van der Waals surface area contributed by atoms with Crippen LogP contribution < -0.4 is 10.6 Å². The average Bonchev–Trinajstić information content (AvgIpc) is 2.46. The number of carbonyl (C=O) groups excluding carboxylic acids is 1. The second-order valence-corrected chi connectivity index (χ2v) is 6.30. The molecule has 0 saturated carbocycles. The van der Waals surface area contributed by atoms with Gasteiger partial charge in [-0.25, -0.2) is 0 Å². The highest BCUT2D eigenvalue weighted by Gasteiger charge is 2.12. The number of halogens is 1. The van der Waals surface area contributed by atoms with E-state index in [4.69, 9.17) is 0 Å². The van der Waals surface area contributed by atoms with Gasteiger partial charge in [0, 0.05) is 49.4 Å². The van der Waals surface area contributed by atoms with Gasteiger partial charge in [0.15, 0.2) is 0 Å². The van der Waals surface area contributed by atoms with Gasteiger partial charge in [-0.05, 0) is 25.2 Å². The predicted molar refractivity (Wildman–Crippen MR) is 89.6 cm³/mol. The van der Waals surface area contributed by atoms with Crippen molar-refractivity contribution in [1.82, 2.24) is 15.1 Å². The molecular weight excluding hydrogens is 332 g/mol. The van der Waals surface area contributed by atoms with E-state index in [1.807, 2.05) is 31.3 Å². The largest absolute Gasteiger partial charge is 0.325 e. The number of anilines is 1. The molecule has 116 valence electrons. The molecule has 2 N–H and O–H groups in total. The molecule has 0 unspecified atom stereocenters. The number of nitrogens with one attached hydrogen (secondary N) is 2. The van der Waals surface area contributed by atoms with Gasteiger partial charge in [-0.1, -0.05) is 22.0 Å². The van der Waals surface area contributed by atoms with Gasteiger partial charge in [0.25, 0.3) is 0 Å². The molecule has 6 heteroatoms. The summed E-state index contributed by atoms with van der Waals surface area (Å²) in [7, 11) is 1.99. The molecule has 0 bridgehead atoms. The van der Waals surface area contributed by atoms with Gasteiger partial charge in [0.05, 0.1) is 6.54 Å². The molecule has 1 fully saturated rings. The van der Waals surface area contributed by atoms with E-state index in [0.29, 0.717) is 6.54 Å². The summed E-state index contributed by atoms with van der Waals surface area (Å²) in [5, 5.41) is 6.26. The maximum atomic E-state index is 12.0. The molecule has 1 aliphatic heterocycles. The lowest BCUT2D eigenvalue weighted by Gasteiger charge is -2.28. The van der Waals surface area contributed by atoms with Gasteiger partial charge < -0.3 is 10.6 Å². The van der Waals surface area contributed by atoms with Crippen molar-refractivity contribution < 1.29 is 4.79 Å². The molecule has 0 atom stereocenters. The number of hydrogen-bond donors (Lipinski definition) is 2. The number of rotatable bonds is 6. The van der Waals surface area contributed by atoms with Crippen molar-refractivity contribution in [3.05, 3.63) is 28.7 Å². The smallest absolute Gasteiger partial charge is 0.238 e. The van der Waals surface area contributed by atoms with Crippen LogP contribution in [0.15, 0.2) is 28.7 Å². The van der Waals surface area contributed by atoms with Crippen molar-refractivity contribution in [2.75, 3.05) is 58.2 Å². The Balaban J connectivity index is 1.69. The summed E-state index contributed by atoms with van der Waals surface area (Å²) in [6, 6.07) is 7.64. The second-order valence-electron chi connectivity index (χ2n) is 5.39. The zero-order valence-electron chi connectivity index (χ0n) is 12.4. The first-order valence-corrected chi connectivity index (χ1v) is 8.10. The fraction of sp³-hybridized carbons (Fsp3) is 0.533. The van der Waals surface area contributed by atoms with E-state index in [0.717, 1.165) is 49.4 Å². The Labute approximate surface area is 134 Å². The molecule has 0 aromatic heterocycles. The lowest BCUT2D eigenvalue weighted by molar-refractivity contribution is -0.117. The van der Waals surface area contributed by atoms with Gasteiger partial charge in [0.2, 0.25) is 5.91 Å². The zero-order chi connectivity index (χ0) is 15.1. The van der Waals surface area contributed by atoms with Crippen LogP contribution in [0, 0.1) is 0 Å². The molecule has 0 spiro atoms. The lowest BCUT2D eigenvalue weighted by Crippen LogP contribution is -2.46. The molecular formula is C15H23BrN4O. The van der Waals surface area contributed by atoms with E-state index in [1.165, 1.54) is 0 Å². The van der Waals surface area contributed by atoms with Crippen molar-refractivity contribution >= 4 is 27.5 Å². The number of likely N-dealkylation sites (N-methyl/N-ethyl adjacent to an activating group) is 1. The number of nitrogens with zero attached hydrogens (tertiary/aromatic N) is 2. The van der Waals surface area contributed by atoms with Crippen molar-refractivity contribution in [2.45, 2.75) is 0 Å². The first-order valence-electron chi connectivity index (χ1n) is 7.30. The molecule has 1 amide bonds. The molecule has 2 rings (SSSR count). The predicted octanol–water partition coefficient (Wildman–Crippen LogP) is 1.22. The number of carbonyl (C=O) groups is 1. The molecule has 1 aliphatic rings. The van der Waals surface area contributed by atoms with E-state index in [9.17, 15) is 4.79 Å². The maximum Gasteiger partial charge on any atom is 0.238 e. The van der Waals surface area contributed by atoms with E-state index in [2.05, 4.69) is 36.4 Å². The van der Waals surface area contributed by atoms with Crippen LogP contribution in [-0.4, -0.2) is 68.6 Å². The van der Waals surface area contributed by atoms with E-state index < -0.39 is 0 Å². The summed E-state index contributed by atoms with van der Waals surface area (Å²) < 4.78 is 0.965. The molecule has 1 aromatic carbocycles. The van der Waals surface area contributed by atoms with Crippen LogP contribution in [0.3, 0.4) is 0 Å². The molecule has 0 radical (unpaired) electrons. The second kappa shape index (κ2) is 8.48. The quantitative estimate of drug-likeness (QED) is 0.806. The Hall–Kier alpha value is -0.950. The fourth-order valence-corrected chi connectivity index (χ4v) is 2.74. The molecule has 1 aromatic rings. The third kappa shape index (κ3) is 6.13. The average molecular weight is 355 g/mol. The maximum absolute atomic E-state index is 12.0. The Kier molecular flexibility index (Phi) is 6.63. The molecule has 1 saturated heterocycles. The van der Waals surface area contributed by atoms with Gasteiger partial charge in [-0.3, -0.25) is 14.6 Å². The van der Waals surface area contributed by atoms with Crippen LogP contribution in [0.4, 0.5) is 5.69 Å². The Bertz CT molecular complexity index is 463. The number of amides is 1. The van der Waals surface area contributed by atoms with Gasteiger partial charge in [-0.2, -0.15) is 0 Å². The Morgan fingerprint density at radius 3 is 2.90 bits per heavy atom. The van der Waals surface area contributed by atoms with Crippen molar-refractivity contribution in [2.24, 2.45) is 0 Å².